The summed E-state index contributed by atoms with van der Waals surface area (Å²) in [6, 6.07) is 0. The van der Waals surface area contributed by atoms with E-state index in [0.29, 0.717) is 5.33 Å². The number of alkyl halides is 2. The summed E-state index contributed by atoms with van der Waals surface area (Å²) in [5.41, 5.74) is 0. The third-order valence-electron chi connectivity index (χ3n) is 1.89. The van der Waals surface area contributed by atoms with Gasteiger partial charge in [-0.05, 0) is 19.3 Å². The summed E-state index contributed by atoms with van der Waals surface area (Å²) in [7, 11) is 0. The summed E-state index contributed by atoms with van der Waals surface area (Å²) in [4.78, 5) is -0.361. The molecule has 3 heteroatoms. The highest BCUT2D eigenvalue weighted by molar-refractivity contribution is 9.09. The molecule has 0 aromatic carbocycles. The zero-order valence-electron chi connectivity index (χ0n) is 5.11. The highest BCUT2D eigenvalue weighted by atomic mass is 79.9. The van der Waals surface area contributed by atoms with Crippen molar-refractivity contribution in [3.05, 3.63) is 0 Å². The van der Waals surface area contributed by atoms with Gasteiger partial charge >= 0.3 is 0 Å². The van der Waals surface area contributed by atoms with Crippen LogP contribution in [0.4, 0.5) is 0 Å². The molecule has 0 amide bonds. The molecule has 9 heavy (non-hydrogen) atoms. The van der Waals surface area contributed by atoms with Gasteiger partial charge in [0.1, 0.15) is 0 Å². The van der Waals surface area contributed by atoms with Crippen molar-refractivity contribution in [2.75, 3.05) is 5.33 Å². The van der Waals surface area contributed by atoms with Crippen LogP contribution in [0.3, 0.4) is 0 Å². The molecule has 1 N–H and O–H groups in total. The van der Waals surface area contributed by atoms with Crippen LogP contribution in [0.1, 0.15) is 19.3 Å². The third kappa shape index (κ3) is 1.41. The summed E-state index contributed by atoms with van der Waals surface area (Å²) in [5, 5.41) is 9.98. The van der Waals surface area contributed by atoms with Crippen molar-refractivity contribution < 1.29 is 5.11 Å². The second-order valence-electron chi connectivity index (χ2n) is 2.58. The molecule has 0 aromatic heterocycles. The maximum Gasteiger partial charge on any atom is 0.0801 e. The molecular weight excluding hydrogens is 203 g/mol. The average molecular weight is 214 g/mol. The second kappa shape index (κ2) is 2.77. The lowest BCUT2D eigenvalue weighted by Gasteiger charge is -2.21. The number of rotatable bonds is 1. The van der Waals surface area contributed by atoms with Gasteiger partial charge < -0.3 is 5.11 Å². The van der Waals surface area contributed by atoms with Crippen LogP contribution in [0.2, 0.25) is 0 Å². The maximum atomic E-state index is 9.29. The van der Waals surface area contributed by atoms with Crippen LogP contribution >= 0.6 is 27.5 Å². The molecule has 1 rings (SSSR count). The van der Waals surface area contributed by atoms with Gasteiger partial charge in [0.25, 0.3) is 0 Å². The molecule has 0 bridgehead atoms. The molecular formula is C6H10BrClO. The topological polar surface area (TPSA) is 20.2 Å². The minimum absolute atomic E-state index is 0.307. The van der Waals surface area contributed by atoms with E-state index in [1.807, 2.05) is 0 Å². The SMILES string of the molecule is OC1CCCC1(Cl)CBr. The fraction of sp³-hybridized carbons (Fsp3) is 1.00. The Morgan fingerprint density at radius 2 is 2.44 bits per heavy atom. The van der Waals surface area contributed by atoms with Crippen LogP contribution in [-0.4, -0.2) is 21.4 Å². The van der Waals surface area contributed by atoms with Gasteiger partial charge in [-0.15, -0.1) is 11.6 Å². The molecule has 0 aliphatic heterocycles. The molecule has 0 saturated heterocycles. The number of halogens is 2. The van der Waals surface area contributed by atoms with E-state index in [9.17, 15) is 5.11 Å². The number of hydrogen-bond acceptors (Lipinski definition) is 1. The summed E-state index contributed by atoms with van der Waals surface area (Å²) in [6.45, 7) is 0. The highest BCUT2D eigenvalue weighted by Crippen LogP contribution is 2.37. The Kier molecular flexibility index (Phi) is 2.41. The molecule has 0 aromatic rings. The van der Waals surface area contributed by atoms with Gasteiger partial charge in [-0.3, -0.25) is 0 Å². The molecule has 0 spiro atoms. The molecule has 54 valence electrons. The Hall–Kier alpha value is 0.730. The van der Waals surface area contributed by atoms with Crippen molar-refractivity contribution >= 4 is 27.5 Å². The molecule has 2 unspecified atom stereocenters. The molecule has 1 nitrogen and oxygen atoms in total. The zero-order valence-corrected chi connectivity index (χ0v) is 7.45. The predicted molar refractivity (Wildman–Crippen MR) is 42.2 cm³/mol. The first kappa shape index (κ1) is 7.83. The minimum atomic E-state index is -0.361. The second-order valence-corrected chi connectivity index (χ2v) is 3.89. The Morgan fingerprint density at radius 1 is 1.78 bits per heavy atom. The summed E-state index contributed by atoms with van der Waals surface area (Å²) >= 11 is 9.29. The smallest absolute Gasteiger partial charge is 0.0801 e. The fourth-order valence-electron chi connectivity index (χ4n) is 1.17. The molecule has 1 saturated carbocycles. The summed E-state index contributed by atoms with van der Waals surface area (Å²) < 4.78 is 0. The third-order valence-corrected chi connectivity index (χ3v) is 3.79. The van der Waals surface area contributed by atoms with Crippen LogP contribution in [0.5, 0.6) is 0 Å². The van der Waals surface area contributed by atoms with Crippen LogP contribution in [-0.2, 0) is 0 Å². The molecule has 1 aliphatic rings. The first-order chi connectivity index (χ1) is 4.19. The van der Waals surface area contributed by atoms with Gasteiger partial charge in [0.05, 0.1) is 11.0 Å². The molecule has 1 aliphatic carbocycles. The van der Waals surface area contributed by atoms with Crippen molar-refractivity contribution in [2.45, 2.75) is 30.2 Å². The van der Waals surface area contributed by atoms with Crippen molar-refractivity contribution in [1.29, 1.82) is 0 Å². The minimum Gasteiger partial charge on any atom is -0.391 e. The quantitative estimate of drug-likeness (QED) is 0.660. The number of hydrogen-bond donors (Lipinski definition) is 1. The van der Waals surface area contributed by atoms with Crippen LogP contribution in [0.25, 0.3) is 0 Å². The Balaban J connectivity index is 2.56. The van der Waals surface area contributed by atoms with Crippen molar-refractivity contribution in [1.82, 2.24) is 0 Å². The van der Waals surface area contributed by atoms with E-state index in [1.165, 1.54) is 0 Å². The van der Waals surface area contributed by atoms with E-state index in [2.05, 4.69) is 15.9 Å². The van der Waals surface area contributed by atoms with Crippen molar-refractivity contribution in [2.24, 2.45) is 0 Å². The van der Waals surface area contributed by atoms with Crippen LogP contribution in [0.15, 0.2) is 0 Å². The Morgan fingerprint density at radius 3 is 2.67 bits per heavy atom. The Bertz CT molecular complexity index is 109. The van der Waals surface area contributed by atoms with Crippen LogP contribution < -0.4 is 0 Å². The van der Waals surface area contributed by atoms with Crippen molar-refractivity contribution in [3.63, 3.8) is 0 Å². The van der Waals surface area contributed by atoms with Gasteiger partial charge in [-0.1, -0.05) is 15.9 Å². The molecule has 0 heterocycles. The number of aliphatic hydroxyl groups excluding tert-OH is 1. The van der Waals surface area contributed by atoms with Gasteiger partial charge in [-0.25, -0.2) is 0 Å². The van der Waals surface area contributed by atoms with Gasteiger partial charge in [0, 0.05) is 5.33 Å². The standard InChI is InChI=1S/C6H10BrClO/c7-4-6(8)3-1-2-5(6)9/h5,9H,1-4H2. The van der Waals surface area contributed by atoms with E-state index in [4.69, 9.17) is 11.6 Å². The Labute approximate surface area is 68.5 Å². The van der Waals surface area contributed by atoms with E-state index in [1.54, 1.807) is 0 Å². The molecule has 0 radical (unpaired) electrons. The van der Waals surface area contributed by atoms with Gasteiger partial charge in [-0.2, -0.15) is 0 Å². The van der Waals surface area contributed by atoms with Gasteiger partial charge in [0.15, 0.2) is 0 Å². The van der Waals surface area contributed by atoms with E-state index in [0.717, 1.165) is 19.3 Å². The average Bonchev–Trinajstić information content (AvgIpc) is 2.15. The van der Waals surface area contributed by atoms with Crippen molar-refractivity contribution in [3.8, 4) is 0 Å². The molecule has 2 atom stereocenters. The lowest BCUT2D eigenvalue weighted by atomic mass is 10.1. The van der Waals surface area contributed by atoms with E-state index in [-0.39, 0.29) is 11.0 Å². The lowest BCUT2D eigenvalue weighted by Crippen LogP contribution is -2.32. The van der Waals surface area contributed by atoms with E-state index >= 15 is 0 Å². The lowest BCUT2D eigenvalue weighted by molar-refractivity contribution is 0.156. The first-order valence-corrected chi connectivity index (χ1v) is 4.62. The van der Waals surface area contributed by atoms with Gasteiger partial charge in [0.2, 0.25) is 0 Å². The maximum absolute atomic E-state index is 9.29. The molecule has 1 fully saturated rings. The largest absolute Gasteiger partial charge is 0.391 e. The number of aliphatic hydroxyl groups is 1. The predicted octanol–water partition coefficient (Wildman–Crippen LogP) is 1.90. The normalized spacial score (nSPS) is 43.7. The zero-order chi connectivity index (χ0) is 6.91. The summed E-state index contributed by atoms with van der Waals surface area (Å²) in [6.07, 6.45) is 2.53. The monoisotopic (exact) mass is 212 g/mol. The first-order valence-electron chi connectivity index (χ1n) is 3.12. The highest BCUT2D eigenvalue weighted by Gasteiger charge is 2.38. The van der Waals surface area contributed by atoms with E-state index < -0.39 is 0 Å². The summed E-state index contributed by atoms with van der Waals surface area (Å²) in [5.74, 6) is 0. The fourth-order valence-corrected chi connectivity index (χ4v) is 2.07. The van der Waals surface area contributed by atoms with Crippen LogP contribution in [0, 0.1) is 0 Å².